The Morgan fingerprint density at radius 1 is 1.12 bits per heavy atom. The van der Waals surface area contributed by atoms with Crippen molar-refractivity contribution in [2.75, 3.05) is 6.61 Å². The number of aromatic amines is 1. The molecule has 1 aromatic heterocycles. The van der Waals surface area contributed by atoms with Gasteiger partial charge in [0, 0.05) is 18.3 Å². The fraction of sp³-hybridized carbons (Fsp3) is 0.632. The summed E-state index contributed by atoms with van der Waals surface area (Å²) in [5, 5.41) is 0. The van der Waals surface area contributed by atoms with Crippen LogP contribution in [0.1, 0.15) is 64.7 Å². The van der Waals surface area contributed by atoms with Crippen LogP contribution in [-0.2, 0) is 16.1 Å². The molecule has 0 saturated carbocycles. The molecule has 0 aliphatic rings. The van der Waals surface area contributed by atoms with Gasteiger partial charge in [0.2, 0.25) is 0 Å². The van der Waals surface area contributed by atoms with Gasteiger partial charge in [0.15, 0.2) is 0 Å². The third-order valence-corrected chi connectivity index (χ3v) is 4.26. The summed E-state index contributed by atoms with van der Waals surface area (Å²) in [6.45, 7) is 6.45. The molecule has 1 rings (SSSR count). The molecule has 0 aliphatic carbocycles. The van der Waals surface area contributed by atoms with Crippen LogP contribution in [-0.4, -0.2) is 22.1 Å². The van der Waals surface area contributed by atoms with E-state index < -0.39 is 0 Å². The van der Waals surface area contributed by atoms with Gasteiger partial charge in [-0.15, -0.1) is 0 Å². The first kappa shape index (κ1) is 21.4. The number of hydrogen-bond acceptors (Lipinski definition) is 4. The molecule has 1 aromatic rings. The number of H-pyrrole nitrogens is 1. The van der Waals surface area contributed by atoms with Gasteiger partial charge in [-0.05, 0) is 25.8 Å². The largest absolute Gasteiger partial charge is 0.462 e. The molecule has 0 fully saturated rings. The van der Waals surface area contributed by atoms with Crippen molar-refractivity contribution in [2.24, 2.45) is 0 Å². The minimum Gasteiger partial charge on any atom is -0.462 e. The minimum atomic E-state index is -0.291. The van der Waals surface area contributed by atoms with Crippen molar-refractivity contribution in [1.29, 1.82) is 0 Å². The molecule has 1 N–H and O–H groups in total. The Bertz CT molecular complexity index is 649. The van der Waals surface area contributed by atoms with Crippen LogP contribution in [0.5, 0.6) is 0 Å². The predicted octanol–water partition coefficient (Wildman–Crippen LogP) is 4.54. The zero-order valence-electron chi connectivity index (χ0n) is 15.2. The third kappa shape index (κ3) is 10.0. The molecular formula is C19H30N2O3S. The molecule has 1 heterocycles. The number of unbranched alkanes of at least 4 members (excludes halogenated alkanes) is 8. The summed E-state index contributed by atoms with van der Waals surface area (Å²) in [5.74, 6) is -0.291. The van der Waals surface area contributed by atoms with Crippen molar-refractivity contribution >= 4 is 18.2 Å². The first-order chi connectivity index (χ1) is 12.0. The number of rotatable bonds is 13. The average Bonchev–Trinajstić information content (AvgIpc) is 2.57. The molecule has 5 nitrogen and oxygen atoms in total. The number of carbonyl (C=O) groups is 1. The van der Waals surface area contributed by atoms with Crippen molar-refractivity contribution < 1.29 is 9.53 Å². The predicted molar refractivity (Wildman–Crippen MR) is 103 cm³/mol. The number of hydrogen-bond donors (Lipinski definition) is 1. The van der Waals surface area contributed by atoms with Gasteiger partial charge < -0.3 is 9.30 Å². The van der Waals surface area contributed by atoms with Gasteiger partial charge in [0.1, 0.15) is 4.64 Å². The van der Waals surface area contributed by atoms with Crippen LogP contribution >= 0.6 is 12.2 Å². The summed E-state index contributed by atoms with van der Waals surface area (Å²) in [6, 6.07) is 1.75. The van der Waals surface area contributed by atoms with E-state index in [2.05, 4.69) is 11.6 Å². The summed E-state index contributed by atoms with van der Waals surface area (Å²) in [6.07, 6.45) is 12.0. The van der Waals surface area contributed by atoms with E-state index in [0.717, 1.165) is 32.2 Å². The molecular weight excluding hydrogens is 336 g/mol. The molecule has 0 saturated heterocycles. The number of nitrogens with one attached hydrogen (secondary N) is 1. The van der Waals surface area contributed by atoms with E-state index in [4.69, 9.17) is 17.0 Å². The van der Waals surface area contributed by atoms with Gasteiger partial charge >= 0.3 is 11.7 Å². The lowest BCUT2D eigenvalue weighted by molar-refractivity contribution is -0.139. The number of aromatic nitrogens is 2. The Labute approximate surface area is 155 Å². The highest BCUT2D eigenvalue weighted by Crippen LogP contribution is 2.10. The minimum absolute atomic E-state index is 0.124. The van der Waals surface area contributed by atoms with E-state index >= 15 is 0 Å². The Kier molecular flexibility index (Phi) is 10.8. The van der Waals surface area contributed by atoms with Gasteiger partial charge in [-0.25, -0.2) is 9.59 Å². The highest BCUT2D eigenvalue weighted by Gasteiger charge is 2.01. The second-order valence-electron chi connectivity index (χ2n) is 6.40. The van der Waals surface area contributed by atoms with Gasteiger partial charge in [0.05, 0.1) is 6.61 Å². The molecule has 0 bridgehead atoms. The maximum absolute atomic E-state index is 11.6. The summed E-state index contributed by atoms with van der Waals surface area (Å²) in [4.78, 5) is 25.4. The number of carbonyl (C=O) groups excluding carboxylic acids is 1. The molecule has 0 amide bonds. The highest BCUT2D eigenvalue weighted by molar-refractivity contribution is 7.71. The molecule has 0 aliphatic heterocycles. The first-order valence-corrected chi connectivity index (χ1v) is 9.54. The average molecular weight is 367 g/mol. The van der Waals surface area contributed by atoms with Crippen LogP contribution in [0.15, 0.2) is 29.2 Å². The summed E-state index contributed by atoms with van der Waals surface area (Å²) < 4.78 is 7.21. The summed E-state index contributed by atoms with van der Waals surface area (Å²) in [5.41, 5.74) is 0.335. The molecule has 0 spiro atoms. The molecule has 140 valence electrons. The number of aryl methyl sites for hydroxylation is 1. The topological polar surface area (TPSA) is 64.1 Å². The normalized spacial score (nSPS) is 10.6. The lowest BCUT2D eigenvalue weighted by atomic mass is 10.1. The maximum Gasteiger partial charge on any atom is 0.333 e. The van der Waals surface area contributed by atoms with Crippen molar-refractivity contribution in [3.05, 3.63) is 39.5 Å². The van der Waals surface area contributed by atoms with Crippen LogP contribution in [0.3, 0.4) is 0 Å². The highest BCUT2D eigenvalue weighted by atomic mass is 32.1. The fourth-order valence-electron chi connectivity index (χ4n) is 2.53. The second-order valence-corrected chi connectivity index (χ2v) is 6.84. The molecule has 0 radical (unpaired) electrons. The fourth-order valence-corrected chi connectivity index (χ4v) is 2.68. The number of ether oxygens (including phenoxy) is 1. The quantitative estimate of drug-likeness (QED) is 0.241. The van der Waals surface area contributed by atoms with Gasteiger partial charge in [-0.3, -0.25) is 4.98 Å². The Morgan fingerprint density at radius 2 is 1.68 bits per heavy atom. The second kappa shape index (κ2) is 12.6. The zero-order valence-corrected chi connectivity index (χ0v) is 16.0. The van der Waals surface area contributed by atoms with E-state index in [1.807, 2.05) is 0 Å². The number of esters is 1. The number of nitrogens with zero attached hydrogens (tertiary/aromatic N) is 1. The van der Waals surface area contributed by atoms with E-state index in [0.29, 0.717) is 16.8 Å². The Hall–Kier alpha value is -1.69. The molecule has 25 heavy (non-hydrogen) atoms. The first-order valence-electron chi connectivity index (χ1n) is 9.13. The lowest BCUT2D eigenvalue weighted by Gasteiger charge is -2.05. The van der Waals surface area contributed by atoms with Crippen molar-refractivity contribution in [1.82, 2.24) is 9.55 Å². The summed E-state index contributed by atoms with van der Waals surface area (Å²) >= 11 is 4.91. The van der Waals surface area contributed by atoms with Crippen LogP contribution in [0.25, 0.3) is 0 Å². The maximum atomic E-state index is 11.6. The standard InChI is InChI=1S/C19H30N2O3S/c1-16(2)18(22)24-15-11-9-7-5-3-4-6-8-10-13-21-14-12-17(25)20-19(21)23/h12,14H,1,3-11,13,15H2,2H3,(H,20,23,25). The van der Waals surface area contributed by atoms with Gasteiger partial charge in [0.25, 0.3) is 0 Å². The van der Waals surface area contributed by atoms with E-state index in [1.54, 1.807) is 23.8 Å². The van der Waals surface area contributed by atoms with Crippen molar-refractivity contribution in [2.45, 2.75) is 71.3 Å². The van der Waals surface area contributed by atoms with Gasteiger partial charge in [-0.1, -0.05) is 63.7 Å². The van der Waals surface area contributed by atoms with Crippen LogP contribution in [0.4, 0.5) is 0 Å². The lowest BCUT2D eigenvalue weighted by Crippen LogP contribution is -2.22. The SMILES string of the molecule is C=C(C)C(=O)OCCCCCCCCCCCn1ccc(=S)[nH]c1=O. The van der Waals surface area contributed by atoms with Crippen LogP contribution in [0.2, 0.25) is 0 Å². The van der Waals surface area contributed by atoms with Crippen molar-refractivity contribution in [3.8, 4) is 0 Å². The molecule has 0 aromatic carbocycles. The zero-order chi connectivity index (χ0) is 18.5. The van der Waals surface area contributed by atoms with E-state index in [9.17, 15) is 9.59 Å². The van der Waals surface area contributed by atoms with E-state index in [-0.39, 0.29) is 11.7 Å². The van der Waals surface area contributed by atoms with Crippen LogP contribution in [0, 0.1) is 4.64 Å². The third-order valence-electron chi connectivity index (χ3n) is 4.02. The Morgan fingerprint density at radius 3 is 2.24 bits per heavy atom. The van der Waals surface area contributed by atoms with Gasteiger partial charge in [-0.2, -0.15) is 0 Å². The van der Waals surface area contributed by atoms with Crippen LogP contribution < -0.4 is 5.69 Å². The molecule has 0 unspecified atom stereocenters. The summed E-state index contributed by atoms with van der Waals surface area (Å²) in [7, 11) is 0. The van der Waals surface area contributed by atoms with E-state index in [1.165, 1.54) is 32.1 Å². The molecule has 0 atom stereocenters. The molecule has 6 heteroatoms. The van der Waals surface area contributed by atoms with Crippen molar-refractivity contribution in [3.63, 3.8) is 0 Å². The Balaban J connectivity index is 1.90. The monoisotopic (exact) mass is 366 g/mol. The smallest absolute Gasteiger partial charge is 0.333 e.